The van der Waals surface area contributed by atoms with Crippen molar-refractivity contribution in [2.24, 2.45) is 11.8 Å². The van der Waals surface area contributed by atoms with Gasteiger partial charge in [0.15, 0.2) is 0 Å². The van der Waals surface area contributed by atoms with E-state index in [2.05, 4.69) is 0 Å². The Morgan fingerprint density at radius 1 is 0.636 bits per heavy atom. The van der Waals surface area contributed by atoms with Gasteiger partial charge < -0.3 is 0 Å². The third-order valence-corrected chi connectivity index (χ3v) is 6.06. The van der Waals surface area contributed by atoms with E-state index >= 15 is 0 Å². The highest BCUT2D eigenvalue weighted by Gasteiger charge is 2.37. The van der Waals surface area contributed by atoms with Crippen molar-refractivity contribution in [2.75, 3.05) is 0 Å². The summed E-state index contributed by atoms with van der Waals surface area (Å²) in [5.74, 6) is 0.00961. The summed E-state index contributed by atoms with van der Waals surface area (Å²) in [6.45, 7) is 10.1. The molecule has 180 valence electrons. The molecular formula is C26H28F6S. The van der Waals surface area contributed by atoms with Gasteiger partial charge in [0, 0.05) is 20.9 Å². The zero-order valence-corrected chi connectivity index (χ0v) is 20.3. The van der Waals surface area contributed by atoms with Crippen LogP contribution in [0.3, 0.4) is 0 Å². The first-order valence-electron chi connectivity index (χ1n) is 10.6. The Kier molecular flexibility index (Phi) is 8.55. The molecule has 0 saturated carbocycles. The fourth-order valence-corrected chi connectivity index (χ4v) is 4.45. The molecule has 7 heteroatoms. The Labute approximate surface area is 195 Å². The molecule has 0 atom stereocenters. The lowest BCUT2D eigenvalue weighted by Crippen LogP contribution is -2.12. The molecule has 2 aromatic carbocycles. The van der Waals surface area contributed by atoms with Gasteiger partial charge in [0.1, 0.15) is 0 Å². The predicted molar refractivity (Wildman–Crippen MR) is 124 cm³/mol. The quantitative estimate of drug-likeness (QED) is 0.366. The van der Waals surface area contributed by atoms with Crippen LogP contribution in [0, 0.1) is 25.7 Å². The van der Waals surface area contributed by atoms with Crippen LogP contribution in [-0.4, -0.2) is 0 Å². The summed E-state index contributed by atoms with van der Waals surface area (Å²) in [7, 11) is 0. The minimum Gasteiger partial charge on any atom is -0.166 e. The van der Waals surface area contributed by atoms with Gasteiger partial charge in [-0.05, 0) is 48.9 Å². The average molecular weight is 487 g/mol. The smallest absolute Gasteiger partial charge is 0.166 e. The molecular weight excluding hydrogens is 458 g/mol. The molecule has 0 spiro atoms. The lowest BCUT2D eigenvalue weighted by atomic mass is 9.99. The molecule has 0 aromatic heterocycles. The first kappa shape index (κ1) is 27.1. The Bertz CT molecular complexity index is 957. The summed E-state index contributed by atoms with van der Waals surface area (Å²) >= 11 is 0.920. The van der Waals surface area contributed by atoms with Crippen LogP contribution in [0.4, 0.5) is 26.3 Å². The minimum absolute atomic E-state index is 0.00480. The van der Waals surface area contributed by atoms with Crippen molar-refractivity contribution >= 4 is 23.9 Å². The van der Waals surface area contributed by atoms with Crippen molar-refractivity contribution in [3.63, 3.8) is 0 Å². The van der Waals surface area contributed by atoms with Crippen LogP contribution in [0.5, 0.6) is 0 Å². The predicted octanol–water partition coefficient (Wildman–Crippen LogP) is 9.83. The van der Waals surface area contributed by atoms with Gasteiger partial charge in [0.05, 0.1) is 11.1 Å². The molecule has 33 heavy (non-hydrogen) atoms. The normalized spacial score (nSPS) is 13.3. The number of benzene rings is 2. The summed E-state index contributed by atoms with van der Waals surface area (Å²) in [5, 5.41) is 0. The van der Waals surface area contributed by atoms with Gasteiger partial charge in [0.2, 0.25) is 0 Å². The summed E-state index contributed by atoms with van der Waals surface area (Å²) in [6, 6.07) is 5.80. The molecule has 0 unspecified atom stereocenters. The molecule has 0 radical (unpaired) electrons. The van der Waals surface area contributed by atoms with E-state index in [1.54, 1.807) is 12.2 Å². The van der Waals surface area contributed by atoms with E-state index < -0.39 is 23.5 Å². The van der Waals surface area contributed by atoms with E-state index in [1.165, 1.54) is 50.3 Å². The maximum absolute atomic E-state index is 13.9. The van der Waals surface area contributed by atoms with Crippen molar-refractivity contribution < 1.29 is 26.3 Å². The second kappa shape index (κ2) is 10.4. The van der Waals surface area contributed by atoms with Crippen LogP contribution in [0.25, 0.3) is 12.2 Å². The summed E-state index contributed by atoms with van der Waals surface area (Å²) in [4.78, 5) is 0.502. The Balaban J connectivity index is 2.80. The zero-order chi connectivity index (χ0) is 25.1. The monoisotopic (exact) mass is 486 g/mol. The lowest BCUT2D eigenvalue weighted by Gasteiger charge is -2.20. The molecule has 0 heterocycles. The number of hydrogen-bond acceptors (Lipinski definition) is 1. The van der Waals surface area contributed by atoms with Crippen molar-refractivity contribution in [2.45, 2.75) is 63.7 Å². The standard InChI is InChI=1S/C26H28F6S/c1-15(2)7-11-19-21(13-9-17(5)23(19)25(27,28)29)33-22-14-10-18(6)24(26(30,31)32)20(22)12-8-16(3)4/h7-16H,1-6H3. The van der Waals surface area contributed by atoms with Gasteiger partial charge in [0.25, 0.3) is 0 Å². The largest absolute Gasteiger partial charge is 0.417 e. The molecule has 0 saturated heterocycles. The zero-order valence-electron chi connectivity index (χ0n) is 19.4. The fourth-order valence-electron chi connectivity index (χ4n) is 3.38. The number of hydrogen-bond donors (Lipinski definition) is 0. The van der Waals surface area contributed by atoms with E-state index in [-0.39, 0.29) is 43.9 Å². The van der Waals surface area contributed by atoms with Crippen molar-refractivity contribution in [1.82, 2.24) is 0 Å². The molecule has 0 amide bonds. The molecule has 0 aliphatic carbocycles. The minimum atomic E-state index is -4.60. The Morgan fingerprint density at radius 3 is 1.24 bits per heavy atom. The Morgan fingerprint density at radius 2 is 0.970 bits per heavy atom. The van der Waals surface area contributed by atoms with Crippen LogP contribution in [0.15, 0.2) is 46.2 Å². The number of allylic oxidation sites excluding steroid dienone is 2. The van der Waals surface area contributed by atoms with E-state index in [1.807, 2.05) is 27.7 Å². The van der Waals surface area contributed by atoms with Crippen LogP contribution in [0.1, 0.15) is 61.1 Å². The third-order valence-electron chi connectivity index (χ3n) is 4.91. The van der Waals surface area contributed by atoms with Crippen LogP contribution < -0.4 is 0 Å². The van der Waals surface area contributed by atoms with Crippen molar-refractivity contribution in [3.05, 3.63) is 69.8 Å². The van der Waals surface area contributed by atoms with E-state index in [4.69, 9.17) is 0 Å². The van der Waals surface area contributed by atoms with Gasteiger partial charge in [-0.3, -0.25) is 0 Å². The number of rotatable bonds is 6. The van der Waals surface area contributed by atoms with Crippen LogP contribution in [0.2, 0.25) is 0 Å². The van der Waals surface area contributed by atoms with Crippen molar-refractivity contribution in [3.8, 4) is 0 Å². The van der Waals surface area contributed by atoms with Gasteiger partial charge >= 0.3 is 12.4 Å². The highest BCUT2D eigenvalue weighted by molar-refractivity contribution is 7.99. The number of aryl methyl sites for hydroxylation is 2. The van der Waals surface area contributed by atoms with E-state index in [0.717, 1.165) is 11.8 Å². The van der Waals surface area contributed by atoms with E-state index in [0.29, 0.717) is 0 Å². The molecule has 2 aromatic rings. The highest BCUT2D eigenvalue weighted by Crippen LogP contribution is 2.45. The molecule has 0 nitrogen and oxygen atoms in total. The van der Waals surface area contributed by atoms with Crippen LogP contribution >= 0.6 is 11.8 Å². The van der Waals surface area contributed by atoms with E-state index in [9.17, 15) is 26.3 Å². The summed E-state index contributed by atoms with van der Waals surface area (Å²) < 4.78 is 83.5. The summed E-state index contributed by atoms with van der Waals surface area (Å²) in [6.07, 6.45) is -3.03. The van der Waals surface area contributed by atoms with Gasteiger partial charge in [-0.25, -0.2) is 0 Å². The maximum atomic E-state index is 13.9. The van der Waals surface area contributed by atoms with Crippen LogP contribution in [-0.2, 0) is 12.4 Å². The molecule has 0 fully saturated rings. The Hall–Kier alpha value is -2.15. The van der Waals surface area contributed by atoms with Crippen molar-refractivity contribution in [1.29, 1.82) is 0 Å². The molecule has 0 aliphatic rings. The van der Waals surface area contributed by atoms with Gasteiger partial charge in [-0.2, -0.15) is 26.3 Å². The number of alkyl halides is 6. The van der Waals surface area contributed by atoms with Gasteiger partial charge in [-0.15, -0.1) is 0 Å². The third kappa shape index (κ3) is 6.92. The lowest BCUT2D eigenvalue weighted by molar-refractivity contribution is -0.139. The average Bonchev–Trinajstić information content (AvgIpc) is 2.65. The summed E-state index contributed by atoms with van der Waals surface area (Å²) in [5.41, 5.74) is -1.48. The first-order chi connectivity index (χ1) is 15.1. The highest BCUT2D eigenvalue weighted by atomic mass is 32.2. The second-order valence-corrected chi connectivity index (χ2v) is 9.73. The molecule has 0 bridgehead atoms. The second-order valence-electron chi connectivity index (χ2n) is 8.64. The number of halogens is 6. The first-order valence-corrected chi connectivity index (χ1v) is 11.4. The van der Waals surface area contributed by atoms with Gasteiger partial charge in [-0.1, -0.05) is 75.9 Å². The molecule has 0 N–H and O–H groups in total. The SMILES string of the molecule is Cc1ccc(Sc2ccc(C)c(C(F)(F)F)c2C=CC(C)C)c(C=CC(C)C)c1C(F)(F)F. The molecule has 0 aliphatic heterocycles. The molecule has 2 rings (SSSR count). The topological polar surface area (TPSA) is 0 Å². The fraction of sp³-hybridized carbons (Fsp3) is 0.385. The maximum Gasteiger partial charge on any atom is 0.417 e.